The first kappa shape index (κ1) is 18.5. The minimum Gasteiger partial charge on any atom is -0.496 e. The number of hydrogen-bond donors (Lipinski definition) is 0. The second kappa shape index (κ2) is 7.83. The Bertz CT molecular complexity index is 853. The van der Waals surface area contributed by atoms with Gasteiger partial charge < -0.3 is 14.0 Å². The summed E-state index contributed by atoms with van der Waals surface area (Å²) < 4.78 is 12.2. The van der Waals surface area contributed by atoms with Crippen LogP contribution in [-0.2, 0) is 7.05 Å². The highest BCUT2D eigenvalue weighted by atomic mass is 16.5. The summed E-state index contributed by atoms with van der Waals surface area (Å²) in [4.78, 5) is 23.8. The summed E-state index contributed by atoms with van der Waals surface area (Å²) in [6, 6.07) is 3.57. The molecule has 1 aromatic heterocycles. The van der Waals surface area contributed by atoms with Crippen LogP contribution in [0.15, 0.2) is 29.2 Å². The summed E-state index contributed by atoms with van der Waals surface area (Å²) in [6.07, 6.45) is 7.17. The Morgan fingerprint density at radius 2 is 1.72 bits per heavy atom. The predicted molar refractivity (Wildman–Crippen MR) is 99.7 cm³/mol. The molecule has 0 aliphatic rings. The zero-order valence-corrected chi connectivity index (χ0v) is 15.3. The number of aldehydes is 1. The number of ether oxygens (including phenoxy) is 2. The van der Waals surface area contributed by atoms with Crippen molar-refractivity contribution in [3.63, 3.8) is 0 Å². The molecular formula is C20H23NO4. The fraction of sp³-hybridized carbons (Fsp3) is 0.300. The second-order valence-electron chi connectivity index (χ2n) is 5.72. The molecule has 0 saturated carbocycles. The summed E-state index contributed by atoms with van der Waals surface area (Å²) in [6.45, 7) is 3.94. The number of carbonyl (C=O) groups excluding carboxylic acids is 1. The van der Waals surface area contributed by atoms with E-state index >= 15 is 0 Å². The van der Waals surface area contributed by atoms with Gasteiger partial charge >= 0.3 is 0 Å². The van der Waals surface area contributed by atoms with Gasteiger partial charge in [-0.1, -0.05) is 19.1 Å². The van der Waals surface area contributed by atoms with E-state index in [2.05, 4.69) is 0 Å². The summed E-state index contributed by atoms with van der Waals surface area (Å²) in [5.74, 6) is 0.867. The van der Waals surface area contributed by atoms with E-state index in [1.165, 1.54) is 14.2 Å². The van der Waals surface area contributed by atoms with Gasteiger partial charge in [0.1, 0.15) is 11.5 Å². The van der Waals surface area contributed by atoms with E-state index in [1.54, 1.807) is 29.9 Å². The summed E-state index contributed by atoms with van der Waals surface area (Å²) in [5.41, 5.74) is 3.54. The lowest BCUT2D eigenvalue weighted by Crippen LogP contribution is -2.20. The molecule has 2 rings (SSSR count). The van der Waals surface area contributed by atoms with E-state index in [9.17, 15) is 9.59 Å². The average molecular weight is 341 g/mol. The molecule has 0 saturated heterocycles. The topological polar surface area (TPSA) is 57.5 Å². The molecule has 25 heavy (non-hydrogen) atoms. The highest BCUT2D eigenvalue weighted by Gasteiger charge is 2.16. The van der Waals surface area contributed by atoms with E-state index in [0.717, 1.165) is 23.1 Å². The van der Waals surface area contributed by atoms with Gasteiger partial charge in [-0.25, -0.2) is 0 Å². The molecule has 1 aromatic carbocycles. The third kappa shape index (κ3) is 3.50. The fourth-order valence-corrected chi connectivity index (χ4v) is 2.78. The van der Waals surface area contributed by atoms with Crippen LogP contribution in [0.5, 0.6) is 11.5 Å². The van der Waals surface area contributed by atoms with E-state index in [0.29, 0.717) is 28.9 Å². The summed E-state index contributed by atoms with van der Waals surface area (Å²) in [5, 5.41) is 0. The van der Waals surface area contributed by atoms with Gasteiger partial charge in [0.05, 0.1) is 19.8 Å². The number of pyridine rings is 1. The lowest BCUT2D eigenvalue weighted by atomic mass is 9.96. The zero-order valence-electron chi connectivity index (χ0n) is 15.3. The molecule has 5 nitrogen and oxygen atoms in total. The average Bonchev–Trinajstić information content (AvgIpc) is 2.63. The number of aryl methyl sites for hydroxylation is 1. The van der Waals surface area contributed by atoms with Crippen LogP contribution < -0.4 is 15.0 Å². The van der Waals surface area contributed by atoms with Gasteiger partial charge in [0.25, 0.3) is 5.56 Å². The van der Waals surface area contributed by atoms with Gasteiger partial charge in [-0.3, -0.25) is 9.59 Å². The molecule has 0 fully saturated rings. The van der Waals surface area contributed by atoms with Crippen molar-refractivity contribution in [1.29, 1.82) is 0 Å². The molecule has 0 unspecified atom stereocenters. The van der Waals surface area contributed by atoms with Crippen LogP contribution in [0.1, 0.15) is 34.8 Å². The van der Waals surface area contributed by atoms with E-state index in [4.69, 9.17) is 9.47 Å². The fourth-order valence-electron chi connectivity index (χ4n) is 2.78. The molecule has 0 radical (unpaired) electrons. The maximum absolute atomic E-state index is 12.4. The van der Waals surface area contributed by atoms with Gasteiger partial charge in [0.15, 0.2) is 6.29 Å². The molecular weight excluding hydrogens is 318 g/mol. The first-order chi connectivity index (χ1) is 12.0. The first-order valence-corrected chi connectivity index (χ1v) is 8.06. The maximum Gasteiger partial charge on any atom is 0.257 e. The molecule has 1 heterocycles. The minimum atomic E-state index is -0.0469. The Labute approximate surface area is 147 Å². The Morgan fingerprint density at radius 3 is 2.20 bits per heavy atom. The van der Waals surface area contributed by atoms with Gasteiger partial charge in [0.2, 0.25) is 0 Å². The van der Waals surface area contributed by atoms with Gasteiger partial charge in [-0.2, -0.15) is 0 Å². The van der Waals surface area contributed by atoms with Crippen molar-refractivity contribution in [2.24, 2.45) is 7.05 Å². The Morgan fingerprint density at radius 1 is 1.12 bits per heavy atom. The lowest BCUT2D eigenvalue weighted by molar-refractivity contribution is 0.111. The molecule has 0 N–H and O–H groups in total. The number of allylic oxidation sites excluding steroid dienone is 1. The van der Waals surface area contributed by atoms with Crippen LogP contribution in [0.4, 0.5) is 0 Å². The van der Waals surface area contributed by atoms with Crippen LogP contribution in [-0.4, -0.2) is 25.1 Å². The van der Waals surface area contributed by atoms with Crippen molar-refractivity contribution in [3.05, 3.63) is 51.4 Å². The number of nitrogens with zero attached hydrogens (tertiary/aromatic N) is 1. The van der Waals surface area contributed by atoms with Crippen molar-refractivity contribution in [2.75, 3.05) is 14.2 Å². The largest absolute Gasteiger partial charge is 0.496 e. The van der Waals surface area contributed by atoms with Crippen LogP contribution in [0, 0.1) is 6.92 Å². The van der Waals surface area contributed by atoms with Crippen molar-refractivity contribution >= 4 is 12.4 Å². The number of methoxy groups -OCH3 is 2. The highest BCUT2D eigenvalue weighted by molar-refractivity contribution is 5.87. The quantitative estimate of drug-likeness (QED) is 0.753. The summed E-state index contributed by atoms with van der Waals surface area (Å²) >= 11 is 0. The smallest absolute Gasteiger partial charge is 0.257 e. The Hall–Kier alpha value is -2.82. The molecule has 0 amide bonds. The molecule has 2 aromatic rings. The van der Waals surface area contributed by atoms with E-state index in [-0.39, 0.29) is 5.56 Å². The van der Waals surface area contributed by atoms with Gasteiger partial charge in [-0.15, -0.1) is 0 Å². The first-order valence-electron chi connectivity index (χ1n) is 8.06. The van der Waals surface area contributed by atoms with Gasteiger partial charge in [0, 0.05) is 24.4 Å². The lowest BCUT2D eigenvalue weighted by Gasteiger charge is -2.15. The standard InChI is InChI=1S/C20H23NO4/c1-6-7-8-15-13(2)16(11-21(3)20(15)23)14-9-18(24-4)17(12-22)19(10-14)25-5/h7-12H,6H2,1-5H3/b8-7-. The van der Waals surface area contributed by atoms with Crippen molar-refractivity contribution in [3.8, 4) is 22.6 Å². The molecule has 0 aliphatic carbocycles. The van der Waals surface area contributed by atoms with Crippen LogP contribution in [0.3, 0.4) is 0 Å². The second-order valence-corrected chi connectivity index (χ2v) is 5.72. The molecule has 0 aliphatic heterocycles. The Balaban J connectivity index is 2.78. The molecule has 5 heteroatoms. The number of benzene rings is 1. The molecule has 0 spiro atoms. The highest BCUT2D eigenvalue weighted by Crippen LogP contribution is 2.35. The monoisotopic (exact) mass is 341 g/mol. The van der Waals surface area contributed by atoms with E-state index < -0.39 is 0 Å². The number of carbonyl (C=O) groups is 1. The number of aromatic nitrogens is 1. The predicted octanol–water partition coefficient (Wildman–Crippen LogP) is 3.61. The van der Waals surface area contributed by atoms with Crippen molar-refractivity contribution < 1.29 is 14.3 Å². The number of hydrogen-bond acceptors (Lipinski definition) is 4. The minimum absolute atomic E-state index is 0.0469. The van der Waals surface area contributed by atoms with E-state index in [1.807, 2.05) is 26.0 Å². The number of rotatable bonds is 6. The Kier molecular flexibility index (Phi) is 5.80. The third-order valence-corrected chi connectivity index (χ3v) is 4.17. The van der Waals surface area contributed by atoms with Crippen LogP contribution in [0.25, 0.3) is 17.2 Å². The van der Waals surface area contributed by atoms with Crippen molar-refractivity contribution in [1.82, 2.24) is 4.57 Å². The van der Waals surface area contributed by atoms with Crippen LogP contribution >= 0.6 is 0 Å². The summed E-state index contributed by atoms with van der Waals surface area (Å²) in [7, 11) is 4.74. The molecule has 132 valence electrons. The zero-order chi connectivity index (χ0) is 18.6. The maximum atomic E-state index is 12.4. The molecule has 0 atom stereocenters. The van der Waals surface area contributed by atoms with Crippen molar-refractivity contribution in [2.45, 2.75) is 20.3 Å². The third-order valence-electron chi connectivity index (χ3n) is 4.17. The SMILES string of the molecule is CC/C=C\c1c(C)c(-c2cc(OC)c(C=O)c(OC)c2)cn(C)c1=O. The van der Waals surface area contributed by atoms with Gasteiger partial charge in [-0.05, 0) is 36.6 Å². The molecule has 0 bridgehead atoms. The van der Waals surface area contributed by atoms with Crippen LogP contribution in [0.2, 0.25) is 0 Å². The normalized spacial score (nSPS) is 10.9.